The molecule has 1 unspecified atom stereocenters. The van der Waals surface area contributed by atoms with Crippen molar-refractivity contribution in [2.75, 3.05) is 13.2 Å². The van der Waals surface area contributed by atoms with Crippen LogP contribution in [0.5, 0.6) is 0 Å². The van der Waals surface area contributed by atoms with E-state index in [1.807, 2.05) is 24.3 Å². The first-order valence-corrected chi connectivity index (χ1v) is 6.60. The van der Waals surface area contributed by atoms with Crippen molar-refractivity contribution in [1.82, 2.24) is 0 Å². The van der Waals surface area contributed by atoms with Crippen molar-refractivity contribution in [1.29, 1.82) is 0 Å². The fourth-order valence-electron chi connectivity index (χ4n) is 1.98. The van der Waals surface area contributed by atoms with Gasteiger partial charge in [-0.3, -0.25) is 0 Å². The molecule has 1 heterocycles. The lowest BCUT2D eigenvalue weighted by Crippen LogP contribution is -2.27. The van der Waals surface area contributed by atoms with Gasteiger partial charge in [0.1, 0.15) is 0 Å². The van der Waals surface area contributed by atoms with Gasteiger partial charge in [-0.25, -0.2) is 4.79 Å². The molecule has 0 N–H and O–H groups in total. The van der Waals surface area contributed by atoms with E-state index in [9.17, 15) is 4.79 Å². The Labute approximate surface area is 112 Å². The molecule has 3 nitrogen and oxygen atoms in total. The van der Waals surface area contributed by atoms with Gasteiger partial charge >= 0.3 is 5.97 Å². The number of hydrogen-bond donors (Lipinski definition) is 0. The first-order chi connectivity index (χ1) is 8.68. The van der Waals surface area contributed by atoms with Crippen molar-refractivity contribution < 1.29 is 14.3 Å². The Kier molecular flexibility index (Phi) is 4.25. The van der Waals surface area contributed by atoms with E-state index in [4.69, 9.17) is 21.1 Å². The predicted octanol–water partition coefficient (Wildman–Crippen LogP) is 2.99. The molecule has 0 aliphatic carbocycles. The fourth-order valence-corrected chi connectivity index (χ4v) is 2.21. The summed E-state index contributed by atoms with van der Waals surface area (Å²) in [6.45, 7) is 2.68. The van der Waals surface area contributed by atoms with Crippen LogP contribution in [-0.2, 0) is 20.7 Å². The van der Waals surface area contributed by atoms with E-state index in [1.54, 1.807) is 6.92 Å². The van der Waals surface area contributed by atoms with Crippen LogP contribution in [-0.4, -0.2) is 24.8 Å². The zero-order valence-corrected chi connectivity index (χ0v) is 11.2. The summed E-state index contributed by atoms with van der Waals surface area (Å²) in [7, 11) is 0. The fraction of sp³-hybridized carbons (Fsp3) is 0.500. The summed E-state index contributed by atoms with van der Waals surface area (Å²) in [5.74, 6) is -0.232. The Bertz CT molecular complexity index is 427. The van der Waals surface area contributed by atoms with Gasteiger partial charge < -0.3 is 9.47 Å². The van der Waals surface area contributed by atoms with Crippen LogP contribution in [0.3, 0.4) is 0 Å². The van der Waals surface area contributed by atoms with Crippen molar-refractivity contribution >= 4 is 17.6 Å². The summed E-state index contributed by atoms with van der Waals surface area (Å²) < 4.78 is 10.3. The third kappa shape index (κ3) is 3.03. The number of halogens is 1. The highest BCUT2D eigenvalue weighted by Crippen LogP contribution is 2.34. The van der Waals surface area contributed by atoms with Crippen LogP contribution in [0.4, 0.5) is 0 Å². The number of ether oxygens (including phenoxy) is 2. The van der Waals surface area contributed by atoms with Gasteiger partial charge in [-0.2, -0.15) is 0 Å². The van der Waals surface area contributed by atoms with Crippen molar-refractivity contribution in [2.45, 2.75) is 31.8 Å². The van der Waals surface area contributed by atoms with E-state index in [1.165, 1.54) is 0 Å². The van der Waals surface area contributed by atoms with Gasteiger partial charge in [-0.1, -0.05) is 29.8 Å². The largest absolute Gasteiger partial charge is 0.464 e. The second kappa shape index (κ2) is 5.72. The number of esters is 1. The zero-order valence-electron chi connectivity index (χ0n) is 10.4. The van der Waals surface area contributed by atoms with Crippen LogP contribution in [0, 0.1) is 0 Å². The first-order valence-electron chi connectivity index (χ1n) is 6.22. The number of carbonyl (C=O) groups excluding carboxylic acids is 1. The molecule has 1 aliphatic heterocycles. The molecule has 4 heteroatoms. The molecule has 2 rings (SSSR count). The standard InChI is InChI=1S/C14H17ClO3/c1-2-17-13(16)14(10-18-14)9-5-7-11-6-3-4-8-12(11)15/h3-4,6,8H,2,5,7,9-10H2,1H3. The number of epoxide rings is 1. The number of rotatable bonds is 6. The minimum Gasteiger partial charge on any atom is -0.464 e. The number of benzene rings is 1. The average Bonchev–Trinajstić information content (AvgIpc) is 3.13. The molecule has 0 saturated carbocycles. The highest BCUT2D eigenvalue weighted by molar-refractivity contribution is 6.31. The molecule has 0 aromatic heterocycles. The molecule has 1 fully saturated rings. The third-order valence-electron chi connectivity index (χ3n) is 3.12. The summed E-state index contributed by atoms with van der Waals surface area (Å²) >= 11 is 6.08. The lowest BCUT2D eigenvalue weighted by atomic mass is 10.0. The monoisotopic (exact) mass is 268 g/mol. The summed E-state index contributed by atoms with van der Waals surface area (Å²) in [5, 5.41) is 0.777. The molecular formula is C14H17ClO3. The Hall–Kier alpha value is -1.06. The van der Waals surface area contributed by atoms with Crippen LogP contribution in [0.25, 0.3) is 0 Å². The smallest absolute Gasteiger partial charge is 0.340 e. The van der Waals surface area contributed by atoms with Gasteiger partial charge in [0.15, 0.2) is 5.60 Å². The topological polar surface area (TPSA) is 38.8 Å². The molecule has 18 heavy (non-hydrogen) atoms. The third-order valence-corrected chi connectivity index (χ3v) is 3.49. The number of carbonyl (C=O) groups is 1. The van der Waals surface area contributed by atoms with Gasteiger partial charge in [0.25, 0.3) is 0 Å². The Morgan fingerprint density at radius 1 is 1.50 bits per heavy atom. The average molecular weight is 269 g/mol. The summed E-state index contributed by atoms with van der Waals surface area (Å²) in [6.07, 6.45) is 2.41. The Morgan fingerprint density at radius 2 is 2.22 bits per heavy atom. The molecule has 98 valence electrons. The van der Waals surface area contributed by atoms with E-state index < -0.39 is 5.60 Å². The van der Waals surface area contributed by atoms with Crippen LogP contribution < -0.4 is 0 Å². The summed E-state index contributed by atoms with van der Waals surface area (Å²) in [6, 6.07) is 7.77. The molecule has 1 atom stereocenters. The van der Waals surface area contributed by atoms with Crippen LogP contribution in [0.1, 0.15) is 25.3 Å². The predicted molar refractivity (Wildman–Crippen MR) is 69.7 cm³/mol. The van der Waals surface area contributed by atoms with E-state index in [-0.39, 0.29) is 5.97 Å². The van der Waals surface area contributed by atoms with Crippen LogP contribution >= 0.6 is 11.6 Å². The van der Waals surface area contributed by atoms with Gasteiger partial charge in [0, 0.05) is 5.02 Å². The quantitative estimate of drug-likeness (QED) is 0.588. The molecule has 1 saturated heterocycles. The van der Waals surface area contributed by atoms with E-state index in [2.05, 4.69) is 0 Å². The molecule has 0 radical (unpaired) electrons. The summed E-state index contributed by atoms with van der Waals surface area (Å²) in [4.78, 5) is 11.7. The molecular weight excluding hydrogens is 252 g/mol. The highest BCUT2D eigenvalue weighted by Gasteiger charge is 2.52. The molecule has 1 aromatic rings. The second-order valence-corrected chi connectivity index (χ2v) is 4.86. The number of hydrogen-bond acceptors (Lipinski definition) is 3. The molecule has 0 spiro atoms. The second-order valence-electron chi connectivity index (χ2n) is 4.45. The number of aryl methyl sites for hydroxylation is 1. The van der Waals surface area contributed by atoms with Gasteiger partial charge in [-0.15, -0.1) is 0 Å². The molecule has 0 bridgehead atoms. The summed E-state index contributed by atoms with van der Waals surface area (Å²) in [5.41, 5.74) is 0.441. The van der Waals surface area contributed by atoms with Crippen LogP contribution in [0.2, 0.25) is 5.02 Å². The van der Waals surface area contributed by atoms with Crippen molar-refractivity contribution in [3.63, 3.8) is 0 Å². The highest BCUT2D eigenvalue weighted by atomic mass is 35.5. The Balaban J connectivity index is 1.82. The maximum Gasteiger partial charge on any atom is 0.340 e. The van der Waals surface area contributed by atoms with Gasteiger partial charge in [0.2, 0.25) is 0 Å². The minimum absolute atomic E-state index is 0.232. The molecule has 1 aromatic carbocycles. The SMILES string of the molecule is CCOC(=O)C1(CCCc2ccccc2Cl)CO1. The van der Waals surface area contributed by atoms with Gasteiger partial charge in [0.05, 0.1) is 13.2 Å². The van der Waals surface area contributed by atoms with Crippen molar-refractivity contribution in [3.05, 3.63) is 34.9 Å². The maximum atomic E-state index is 11.7. The molecule has 0 amide bonds. The van der Waals surface area contributed by atoms with Gasteiger partial charge in [-0.05, 0) is 37.8 Å². The zero-order chi connectivity index (χ0) is 13.0. The maximum absolute atomic E-state index is 11.7. The van der Waals surface area contributed by atoms with Crippen molar-refractivity contribution in [3.8, 4) is 0 Å². The normalized spacial score (nSPS) is 21.7. The minimum atomic E-state index is -0.669. The molecule has 1 aliphatic rings. The lowest BCUT2D eigenvalue weighted by molar-refractivity contribution is -0.149. The van der Waals surface area contributed by atoms with E-state index in [0.29, 0.717) is 19.6 Å². The van der Waals surface area contributed by atoms with Crippen molar-refractivity contribution in [2.24, 2.45) is 0 Å². The Morgan fingerprint density at radius 3 is 2.83 bits per heavy atom. The van der Waals surface area contributed by atoms with E-state index >= 15 is 0 Å². The van der Waals surface area contributed by atoms with E-state index in [0.717, 1.165) is 23.4 Å². The first kappa shape index (κ1) is 13.4. The van der Waals surface area contributed by atoms with Crippen LogP contribution in [0.15, 0.2) is 24.3 Å². The lowest BCUT2D eigenvalue weighted by Gasteiger charge is -2.10.